The van der Waals surface area contributed by atoms with Gasteiger partial charge in [-0.25, -0.2) is 0 Å². The Bertz CT molecular complexity index is 800. The van der Waals surface area contributed by atoms with Gasteiger partial charge >= 0.3 is 0 Å². The number of carbonyl (C=O) groups is 1. The number of hydrogen-bond acceptors (Lipinski definition) is 3. The van der Waals surface area contributed by atoms with Crippen LogP contribution in [0.4, 0.5) is 0 Å². The number of hydrogen-bond donors (Lipinski definition) is 0. The fraction of sp³-hybridized carbons (Fsp3) is 0.759. The highest BCUT2D eigenvalue weighted by molar-refractivity contribution is 5.88. The lowest BCUT2D eigenvalue weighted by Crippen LogP contribution is -3.00. The van der Waals surface area contributed by atoms with Crippen LogP contribution in [0.5, 0.6) is 0 Å². The fourth-order valence-corrected chi connectivity index (χ4v) is 5.57. The van der Waals surface area contributed by atoms with Gasteiger partial charge in [0.25, 0.3) is 0 Å². The first kappa shape index (κ1) is 31.9. The summed E-state index contributed by atoms with van der Waals surface area (Å²) >= 11 is 0. The molecule has 0 bridgehead atoms. The predicted molar refractivity (Wildman–Crippen MR) is 142 cm³/mol. The zero-order chi connectivity index (χ0) is 25.9. The summed E-state index contributed by atoms with van der Waals surface area (Å²) in [5.74, 6) is 0.180. The van der Waals surface area contributed by atoms with Crippen LogP contribution in [0.1, 0.15) is 106 Å². The van der Waals surface area contributed by atoms with Crippen molar-refractivity contribution in [3.05, 3.63) is 35.4 Å². The number of carbonyl (C=O) groups excluding carboxylic acids is 1. The molecule has 1 atom stereocenters. The summed E-state index contributed by atoms with van der Waals surface area (Å²) in [6, 6.07) is 8.92. The molecule has 35 heavy (non-hydrogen) atoms. The second kappa shape index (κ2) is 11.9. The van der Waals surface area contributed by atoms with Crippen LogP contribution in [0, 0.1) is 0 Å². The van der Waals surface area contributed by atoms with Gasteiger partial charge in [-0.1, -0.05) is 38.1 Å². The van der Waals surface area contributed by atoms with E-state index in [4.69, 9.17) is 4.84 Å². The molecule has 0 saturated carbocycles. The third kappa shape index (κ3) is 6.41. The third-order valence-electron chi connectivity index (χ3n) is 8.35. The molecular formula is C29H52ClN3O2. The van der Waals surface area contributed by atoms with Crippen molar-refractivity contribution in [2.75, 3.05) is 26.2 Å². The van der Waals surface area contributed by atoms with Gasteiger partial charge in [0.05, 0.1) is 25.2 Å². The molecular weight excluding hydrogens is 458 g/mol. The van der Waals surface area contributed by atoms with Crippen molar-refractivity contribution >= 4 is 5.91 Å². The van der Waals surface area contributed by atoms with E-state index in [1.165, 1.54) is 5.56 Å². The average Bonchev–Trinajstić information content (AvgIpc) is 2.80. The van der Waals surface area contributed by atoms with Crippen LogP contribution < -0.4 is 12.4 Å². The highest BCUT2D eigenvalue weighted by atomic mass is 35.5. The van der Waals surface area contributed by atoms with Crippen LogP contribution in [0.2, 0.25) is 0 Å². The Kier molecular flexibility index (Phi) is 10.9. The van der Waals surface area contributed by atoms with Crippen molar-refractivity contribution < 1.29 is 26.5 Å². The van der Waals surface area contributed by atoms with Crippen LogP contribution >= 0.6 is 0 Å². The van der Waals surface area contributed by atoms with E-state index in [-0.39, 0.29) is 35.5 Å². The average molecular weight is 510 g/mol. The summed E-state index contributed by atoms with van der Waals surface area (Å²) in [5, 5.41) is 2.05. The minimum Gasteiger partial charge on any atom is -1.00 e. The molecule has 1 saturated heterocycles. The minimum absolute atomic E-state index is 0. The minimum atomic E-state index is -0.663. The van der Waals surface area contributed by atoms with Gasteiger partial charge in [-0.05, 0) is 80.7 Å². The number of halogens is 1. The van der Waals surface area contributed by atoms with E-state index in [0.717, 1.165) is 49.1 Å². The van der Waals surface area contributed by atoms with Gasteiger partial charge in [0.15, 0.2) is 0 Å². The van der Waals surface area contributed by atoms with Crippen molar-refractivity contribution in [2.24, 2.45) is 0 Å². The predicted octanol–water partition coefficient (Wildman–Crippen LogP) is 3.34. The summed E-state index contributed by atoms with van der Waals surface area (Å²) in [6.07, 6.45) is 1.30. The molecule has 1 aliphatic rings. The van der Waals surface area contributed by atoms with Gasteiger partial charge in [-0.2, -0.15) is 5.06 Å². The molecule has 0 aliphatic carbocycles. The summed E-state index contributed by atoms with van der Waals surface area (Å²) in [5.41, 5.74) is 1.33. The maximum absolute atomic E-state index is 13.8. The van der Waals surface area contributed by atoms with Crippen molar-refractivity contribution in [2.45, 2.75) is 118 Å². The van der Waals surface area contributed by atoms with E-state index in [1.807, 2.05) is 0 Å². The van der Waals surface area contributed by atoms with Crippen LogP contribution in [0.25, 0.3) is 0 Å². The van der Waals surface area contributed by atoms with Gasteiger partial charge in [-0.15, -0.1) is 0 Å². The Hall–Kier alpha value is -1.14. The number of rotatable bonds is 10. The molecule has 1 amide bonds. The molecule has 2 rings (SSSR count). The zero-order valence-corrected chi connectivity index (χ0v) is 25.1. The van der Waals surface area contributed by atoms with Crippen molar-refractivity contribution in [1.29, 1.82) is 0 Å². The van der Waals surface area contributed by atoms with E-state index < -0.39 is 5.54 Å². The molecule has 5 nitrogen and oxygen atoms in total. The first-order chi connectivity index (χ1) is 15.8. The van der Waals surface area contributed by atoms with E-state index in [0.29, 0.717) is 6.54 Å². The molecule has 1 aromatic rings. The van der Waals surface area contributed by atoms with Crippen LogP contribution in [-0.2, 0) is 16.2 Å². The highest BCUT2D eigenvalue weighted by Gasteiger charge is 2.57. The van der Waals surface area contributed by atoms with Gasteiger partial charge in [0.2, 0.25) is 5.91 Å². The first-order valence-electron chi connectivity index (χ1n) is 13.5. The number of nitrogens with zero attached hydrogens (tertiary/aromatic N) is 3. The zero-order valence-electron chi connectivity index (χ0n) is 24.4. The van der Waals surface area contributed by atoms with Gasteiger partial charge in [-0.3, -0.25) is 9.63 Å². The number of piperazine rings is 1. The van der Waals surface area contributed by atoms with E-state index in [2.05, 4.69) is 110 Å². The van der Waals surface area contributed by atoms with Crippen molar-refractivity contribution in [1.82, 2.24) is 9.96 Å². The lowest BCUT2D eigenvalue weighted by atomic mass is 9.80. The van der Waals surface area contributed by atoms with Crippen molar-refractivity contribution in [3.63, 3.8) is 0 Å². The maximum Gasteiger partial charge on any atom is 0.245 e. The molecule has 1 aromatic carbocycles. The lowest BCUT2D eigenvalue weighted by molar-refractivity contribution is -0.936. The molecule has 1 aliphatic heterocycles. The molecule has 1 fully saturated rings. The largest absolute Gasteiger partial charge is 1.00 e. The number of amides is 1. The van der Waals surface area contributed by atoms with E-state index >= 15 is 0 Å². The Morgan fingerprint density at radius 2 is 1.46 bits per heavy atom. The number of hydroxylamine groups is 2. The molecule has 0 N–H and O–H groups in total. The molecule has 202 valence electrons. The van der Waals surface area contributed by atoms with Gasteiger partial charge in [0.1, 0.15) is 18.2 Å². The lowest BCUT2D eigenvalue weighted by Gasteiger charge is -2.59. The molecule has 1 heterocycles. The Morgan fingerprint density at radius 3 is 1.86 bits per heavy atom. The summed E-state index contributed by atoms with van der Waals surface area (Å²) in [7, 11) is 0. The highest BCUT2D eigenvalue weighted by Crippen LogP contribution is 2.42. The summed E-state index contributed by atoms with van der Waals surface area (Å²) < 4.78 is 1.11. The van der Waals surface area contributed by atoms with Crippen LogP contribution in [0.15, 0.2) is 24.3 Å². The molecule has 0 spiro atoms. The second-order valence-electron chi connectivity index (χ2n) is 11.8. The van der Waals surface area contributed by atoms with Crippen LogP contribution in [0.3, 0.4) is 0 Å². The first-order valence-corrected chi connectivity index (χ1v) is 13.5. The normalized spacial score (nSPS) is 19.4. The third-order valence-corrected chi connectivity index (χ3v) is 8.35. The van der Waals surface area contributed by atoms with Gasteiger partial charge < -0.3 is 21.8 Å². The maximum atomic E-state index is 13.8. The quantitative estimate of drug-likeness (QED) is 0.453. The number of quaternary nitrogens is 1. The molecule has 6 heteroatoms. The molecule has 0 aromatic heterocycles. The molecule has 1 unspecified atom stereocenters. The van der Waals surface area contributed by atoms with E-state index in [1.54, 1.807) is 0 Å². The fourth-order valence-electron chi connectivity index (χ4n) is 5.57. The Balaban J connectivity index is 0.00000612. The van der Waals surface area contributed by atoms with Crippen LogP contribution in [-0.4, -0.2) is 63.1 Å². The van der Waals surface area contributed by atoms with E-state index in [9.17, 15) is 4.79 Å². The standard InChI is InChI=1S/C29H52N3O2.ClH/c1-12-29(13-2)26(33)30(27(7,8)9)22-28(10,11)31(29)34-23(6)25-19-17-24(18-20-25)21-32(14-3,15-4)16-5;/h17-20,23H,12-16,21-22H2,1-11H3;1H/q+1;/p-1. The summed E-state index contributed by atoms with van der Waals surface area (Å²) in [6.45, 7) is 29.1. The number of benzene rings is 1. The molecule has 0 radical (unpaired) electrons. The summed E-state index contributed by atoms with van der Waals surface area (Å²) in [4.78, 5) is 22.6. The smallest absolute Gasteiger partial charge is 0.245 e. The Morgan fingerprint density at radius 1 is 0.971 bits per heavy atom. The second-order valence-corrected chi connectivity index (χ2v) is 11.8. The topological polar surface area (TPSA) is 32.8 Å². The SMILES string of the molecule is CCC1(CC)C(=O)N(C(C)(C)C)CC(C)(C)N1OC(C)c1ccc(C[N+](CC)(CC)CC)cc1.[Cl-]. The van der Waals surface area contributed by atoms with Crippen molar-refractivity contribution in [3.8, 4) is 0 Å². The monoisotopic (exact) mass is 509 g/mol. The van der Waals surface area contributed by atoms with Gasteiger partial charge in [0, 0.05) is 17.6 Å². The Labute approximate surface area is 222 Å².